The highest BCUT2D eigenvalue weighted by Gasteiger charge is 2.34. The summed E-state index contributed by atoms with van der Waals surface area (Å²) in [4.78, 5) is 37.3. The quantitative estimate of drug-likeness (QED) is 0.0926. The molecule has 274 valence electrons. The first-order chi connectivity index (χ1) is 23.3. The summed E-state index contributed by atoms with van der Waals surface area (Å²) in [5, 5.41) is 2.62. The summed E-state index contributed by atoms with van der Waals surface area (Å²) in [6.45, 7) is 13.8. The fourth-order valence-corrected chi connectivity index (χ4v) is 4.00. The molecule has 15 heteroatoms. The number of nitrogens with zero attached hydrogens (tertiary/aromatic N) is 1. The molecule has 0 spiro atoms. The fourth-order valence-electron chi connectivity index (χ4n) is 4.00. The van der Waals surface area contributed by atoms with Gasteiger partial charge in [0, 0.05) is 6.54 Å². The molecule has 1 aromatic carbocycles. The third kappa shape index (κ3) is 19.9. The second-order valence-corrected chi connectivity index (χ2v) is 11.2. The van der Waals surface area contributed by atoms with E-state index in [1.807, 2.05) is 20.8 Å². The molecule has 1 heterocycles. The van der Waals surface area contributed by atoms with Gasteiger partial charge in [0.2, 0.25) is 0 Å². The van der Waals surface area contributed by atoms with Gasteiger partial charge in [-0.15, -0.1) is 0 Å². The normalized spacial score (nSPS) is 12.9. The van der Waals surface area contributed by atoms with Gasteiger partial charge in [-0.2, -0.15) is 0 Å². The lowest BCUT2D eigenvalue weighted by atomic mass is 10.1. The second-order valence-electron chi connectivity index (χ2n) is 11.2. The fraction of sp³-hybridized carbons (Fsp3) is 0.727. The molecule has 0 aromatic heterocycles. The van der Waals surface area contributed by atoms with Crippen LogP contribution >= 0.6 is 0 Å². The lowest BCUT2D eigenvalue weighted by Crippen LogP contribution is -2.34. The van der Waals surface area contributed by atoms with Crippen LogP contribution in [0.2, 0.25) is 0 Å². The number of benzene rings is 1. The maximum Gasteiger partial charge on any atom is 0.407 e. The van der Waals surface area contributed by atoms with Crippen molar-refractivity contribution in [3.8, 4) is 0 Å². The summed E-state index contributed by atoms with van der Waals surface area (Å²) < 4.78 is 54.2. The smallest absolute Gasteiger partial charge is 0.407 e. The minimum Gasteiger partial charge on any atom is -0.444 e. The van der Waals surface area contributed by atoms with Gasteiger partial charge in [-0.05, 0) is 32.9 Å². The minimum atomic E-state index is -0.518. The van der Waals surface area contributed by atoms with Gasteiger partial charge in [-0.25, -0.2) is 4.79 Å². The van der Waals surface area contributed by atoms with E-state index in [9.17, 15) is 14.4 Å². The lowest BCUT2D eigenvalue weighted by molar-refractivity contribution is -0.0251. The number of carbonyl (C=O) groups excluding carboxylic acids is 3. The summed E-state index contributed by atoms with van der Waals surface area (Å²) in [6.07, 6.45) is -0.459. The maximum absolute atomic E-state index is 12.3. The summed E-state index contributed by atoms with van der Waals surface area (Å²) in [7, 11) is 0. The highest BCUT2D eigenvalue weighted by molar-refractivity contribution is 6.21. The summed E-state index contributed by atoms with van der Waals surface area (Å²) in [6, 6.07) is 6.81. The Kier molecular flexibility index (Phi) is 22.6. The zero-order chi connectivity index (χ0) is 34.7. The Hall–Kier alpha value is -2.73. The van der Waals surface area contributed by atoms with Crippen molar-refractivity contribution in [2.24, 2.45) is 0 Å². The molecule has 0 atom stereocenters. The first kappa shape index (κ1) is 41.4. The van der Waals surface area contributed by atoms with Crippen LogP contribution in [-0.4, -0.2) is 160 Å². The van der Waals surface area contributed by atoms with Crippen molar-refractivity contribution in [2.75, 3.05) is 132 Å². The predicted molar refractivity (Wildman–Crippen MR) is 173 cm³/mol. The molecule has 1 aliphatic heterocycles. The summed E-state index contributed by atoms with van der Waals surface area (Å²) in [5.74, 6) is -0.563. The van der Waals surface area contributed by atoms with E-state index >= 15 is 0 Å². The van der Waals surface area contributed by atoms with Gasteiger partial charge in [-0.1, -0.05) is 12.1 Å². The number of hydrogen-bond donors (Lipinski definition) is 1. The van der Waals surface area contributed by atoms with E-state index in [0.29, 0.717) is 130 Å². The Labute approximate surface area is 283 Å². The van der Waals surface area contributed by atoms with Gasteiger partial charge >= 0.3 is 6.09 Å². The van der Waals surface area contributed by atoms with E-state index in [-0.39, 0.29) is 25.0 Å². The molecule has 0 radical (unpaired) electrons. The molecule has 1 aliphatic rings. The van der Waals surface area contributed by atoms with Crippen molar-refractivity contribution in [1.82, 2.24) is 10.2 Å². The third-order valence-corrected chi connectivity index (χ3v) is 6.23. The molecule has 0 bridgehead atoms. The number of imide groups is 1. The van der Waals surface area contributed by atoms with Crippen LogP contribution in [0.1, 0.15) is 41.5 Å². The van der Waals surface area contributed by atoms with E-state index in [1.165, 1.54) is 4.90 Å². The first-order valence-electron chi connectivity index (χ1n) is 16.4. The number of ether oxygens (including phenoxy) is 10. The molecular formula is C33H54N2O13. The van der Waals surface area contributed by atoms with Crippen LogP contribution in [0.3, 0.4) is 0 Å². The van der Waals surface area contributed by atoms with Crippen molar-refractivity contribution in [2.45, 2.75) is 26.4 Å². The van der Waals surface area contributed by atoms with Crippen molar-refractivity contribution in [3.63, 3.8) is 0 Å². The van der Waals surface area contributed by atoms with Gasteiger partial charge in [-0.3, -0.25) is 14.5 Å². The largest absolute Gasteiger partial charge is 0.444 e. The number of fused-ring (bicyclic) bond motifs is 1. The average molecular weight is 687 g/mol. The molecule has 48 heavy (non-hydrogen) atoms. The molecule has 0 saturated carbocycles. The van der Waals surface area contributed by atoms with Gasteiger partial charge in [0.15, 0.2) is 0 Å². The number of rotatable bonds is 30. The van der Waals surface area contributed by atoms with Gasteiger partial charge in [0.1, 0.15) is 5.60 Å². The van der Waals surface area contributed by atoms with Crippen molar-refractivity contribution in [1.29, 1.82) is 0 Å². The molecular weight excluding hydrogens is 632 g/mol. The monoisotopic (exact) mass is 686 g/mol. The van der Waals surface area contributed by atoms with Crippen molar-refractivity contribution in [3.05, 3.63) is 35.4 Å². The Balaban J connectivity index is 1.19. The average Bonchev–Trinajstić information content (AvgIpc) is 3.29. The number of amides is 3. The van der Waals surface area contributed by atoms with Crippen LogP contribution in [0.4, 0.5) is 4.79 Å². The van der Waals surface area contributed by atoms with Crippen LogP contribution in [0.15, 0.2) is 24.3 Å². The number of alkyl carbamates (subject to hydrolysis) is 1. The van der Waals surface area contributed by atoms with E-state index in [4.69, 9.17) is 47.4 Å². The summed E-state index contributed by atoms with van der Waals surface area (Å²) >= 11 is 0. The summed E-state index contributed by atoms with van der Waals surface area (Å²) in [5.41, 5.74) is 0.359. The van der Waals surface area contributed by atoms with Gasteiger partial charge in [0.25, 0.3) is 11.8 Å². The van der Waals surface area contributed by atoms with Crippen LogP contribution in [-0.2, 0) is 47.4 Å². The molecule has 1 N–H and O–H groups in total. The Morgan fingerprint density at radius 1 is 0.542 bits per heavy atom. The van der Waals surface area contributed by atoms with Crippen molar-refractivity contribution < 1.29 is 61.8 Å². The van der Waals surface area contributed by atoms with Crippen LogP contribution in [0, 0.1) is 0 Å². The standard InChI is InChI=1S/C33H54N2O13/c1-33(2,3)48-32(38)34-8-10-39-12-14-41-16-18-43-20-22-45-24-26-47-27-25-46-23-21-44-19-17-42-15-13-40-11-9-35-30(36)28-6-4-5-7-29(28)31(35)37/h4-7H,8-27H2,1-3H3,(H,34,38). The van der Waals surface area contributed by atoms with Gasteiger partial charge < -0.3 is 52.7 Å². The number of hydrogen-bond acceptors (Lipinski definition) is 13. The Morgan fingerprint density at radius 2 is 0.854 bits per heavy atom. The third-order valence-electron chi connectivity index (χ3n) is 6.23. The molecule has 3 amide bonds. The zero-order valence-electron chi connectivity index (χ0n) is 28.7. The molecule has 0 aliphatic carbocycles. The molecule has 0 saturated heterocycles. The topological polar surface area (TPSA) is 159 Å². The SMILES string of the molecule is CC(C)(C)OC(=O)NCCOCCOCCOCCOCCOCCOCCOCCOCCOCCN1C(=O)c2ccccc2C1=O. The molecule has 1 aromatic rings. The highest BCUT2D eigenvalue weighted by atomic mass is 16.6. The zero-order valence-corrected chi connectivity index (χ0v) is 28.7. The van der Waals surface area contributed by atoms with E-state index in [2.05, 4.69) is 5.32 Å². The van der Waals surface area contributed by atoms with Crippen molar-refractivity contribution >= 4 is 17.9 Å². The molecule has 0 fully saturated rings. The van der Waals surface area contributed by atoms with E-state index in [0.717, 1.165) is 0 Å². The van der Waals surface area contributed by atoms with E-state index < -0.39 is 11.7 Å². The Morgan fingerprint density at radius 3 is 1.19 bits per heavy atom. The van der Waals surface area contributed by atoms with Crippen LogP contribution in [0.5, 0.6) is 0 Å². The molecule has 15 nitrogen and oxygen atoms in total. The Bertz CT molecular complexity index is 987. The predicted octanol–water partition coefficient (Wildman–Crippen LogP) is 1.96. The first-order valence-corrected chi connectivity index (χ1v) is 16.4. The number of nitrogens with one attached hydrogen (secondary N) is 1. The van der Waals surface area contributed by atoms with Crippen LogP contribution in [0.25, 0.3) is 0 Å². The maximum atomic E-state index is 12.3. The molecule has 2 rings (SSSR count). The van der Waals surface area contributed by atoms with Crippen LogP contribution < -0.4 is 5.32 Å². The minimum absolute atomic E-state index is 0.210. The molecule has 0 unspecified atom stereocenters. The van der Waals surface area contributed by atoms with Gasteiger partial charge in [0.05, 0.1) is 137 Å². The number of carbonyl (C=O) groups is 3. The second kappa shape index (κ2) is 26.2. The lowest BCUT2D eigenvalue weighted by Gasteiger charge is -2.19. The van der Waals surface area contributed by atoms with E-state index in [1.54, 1.807) is 24.3 Å². The highest BCUT2D eigenvalue weighted by Crippen LogP contribution is 2.21.